The topological polar surface area (TPSA) is 152 Å². The van der Waals surface area contributed by atoms with Crippen LogP contribution in [0.1, 0.15) is 30.4 Å². The van der Waals surface area contributed by atoms with Gasteiger partial charge >= 0.3 is 0 Å². The fourth-order valence-corrected chi connectivity index (χ4v) is 4.18. The quantitative estimate of drug-likeness (QED) is 0.302. The number of fused-ring (bicyclic) bond motifs is 1. The third-order valence-corrected chi connectivity index (χ3v) is 5.90. The summed E-state index contributed by atoms with van der Waals surface area (Å²) in [6.07, 6.45) is -3.86. The molecule has 0 bridgehead atoms. The van der Waals surface area contributed by atoms with Crippen LogP contribution in [0.5, 0.6) is 5.88 Å². The van der Waals surface area contributed by atoms with E-state index in [1.54, 1.807) is 0 Å². The second-order valence-corrected chi connectivity index (χ2v) is 8.41. The number of rotatable bonds is 7. The Hall–Kier alpha value is -3.90. The molecule has 3 heterocycles. The lowest BCUT2D eigenvalue weighted by atomic mass is 10.0. The molecular weight excluding hydrogens is 466 g/mol. The Morgan fingerprint density at radius 2 is 1.69 bits per heavy atom. The highest BCUT2D eigenvalue weighted by Gasteiger charge is 2.44. The monoisotopic (exact) mass is 491 g/mol. The molecule has 4 atom stereocenters. The highest BCUT2D eigenvalue weighted by molar-refractivity contribution is 5.88. The second kappa shape index (κ2) is 9.99. The molecule has 1 aliphatic heterocycles. The zero-order chi connectivity index (χ0) is 25.2. The number of imidazole rings is 1. The summed E-state index contributed by atoms with van der Waals surface area (Å²) in [6.45, 7) is 0.853. The minimum absolute atomic E-state index is 0.0293. The Morgan fingerprint density at radius 1 is 1.06 bits per heavy atom. The van der Waals surface area contributed by atoms with E-state index in [0.717, 1.165) is 11.1 Å². The molecule has 1 amide bonds. The molecule has 0 saturated carbocycles. The van der Waals surface area contributed by atoms with E-state index in [4.69, 9.17) is 9.47 Å². The third-order valence-electron chi connectivity index (χ3n) is 5.90. The lowest BCUT2D eigenvalue weighted by Gasteiger charge is -2.20. The van der Waals surface area contributed by atoms with Gasteiger partial charge in [-0.05, 0) is 11.1 Å². The molecule has 0 radical (unpaired) electrons. The van der Waals surface area contributed by atoms with Crippen molar-refractivity contribution in [2.24, 2.45) is 0 Å². The number of anilines is 1. The molecule has 0 aliphatic carbocycles. The average Bonchev–Trinajstić information content (AvgIpc) is 3.43. The molecule has 1 aliphatic rings. The van der Waals surface area contributed by atoms with Crippen LogP contribution in [0.15, 0.2) is 67.0 Å². The second-order valence-electron chi connectivity index (χ2n) is 8.41. The SMILES string of the molecule is CC(=O)Nc1nc(OC(c2ccccc2)c2ccccc2)c2ncn([C@@H]3O[C@H](CO)[C@@H](O)[C@H]3O)c2n1. The van der Waals surface area contributed by atoms with E-state index in [9.17, 15) is 20.1 Å². The van der Waals surface area contributed by atoms with Crippen LogP contribution in [0, 0.1) is 0 Å². The zero-order valence-electron chi connectivity index (χ0n) is 19.3. The Kier molecular flexibility index (Phi) is 6.61. The van der Waals surface area contributed by atoms with E-state index in [-0.39, 0.29) is 28.9 Å². The maximum atomic E-state index is 11.8. The zero-order valence-corrected chi connectivity index (χ0v) is 19.3. The van der Waals surface area contributed by atoms with Gasteiger partial charge in [-0.15, -0.1) is 0 Å². The van der Waals surface area contributed by atoms with Gasteiger partial charge in [-0.25, -0.2) is 4.98 Å². The molecule has 4 aromatic rings. The van der Waals surface area contributed by atoms with Gasteiger partial charge in [-0.3, -0.25) is 14.7 Å². The number of benzene rings is 2. The van der Waals surface area contributed by atoms with Crippen molar-refractivity contribution >= 4 is 23.0 Å². The first kappa shape index (κ1) is 23.8. The van der Waals surface area contributed by atoms with Crippen LogP contribution in [-0.2, 0) is 9.53 Å². The summed E-state index contributed by atoms with van der Waals surface area (Å²) in [5.41, 5.74) is 2.22. The molecule has 0 spiro atoms. The first-order valence-electron chi connectivity index (χ1n) is 11.4. The summed E-state index contributed by atoms with van der Waals surface area (Å²) in [5, 5.41) is 32.8. The summed E-state index contributed by atoms with van der Waals surface area (Å²) in [5.74, 6) is -0.313. The van der Waals surface area contributed by atoms with Gasteiger partial charge in [0, 0.05) is 6.92 Å². The molecule has 0 unspecified atom stereocenters. The number of aromatic nitrogens is 4. The number of nitrogens with one attached hydrogen (secondary N) is 1. The van der Waals surface area contributed by atoms with Crippen LogP contribution >= 0.6 is 0 Å². The van der Waals surface area contributed by atoms with Crippen LogP contribution in [-0.4, -0.2) is 65.7 Å². The Labute approximate surface area is 206 Å². The Morgan fingerprint density at radius 3 is 2.25 bits per heavy atom. The number of nitrogens with zero attached hydrogens (tertiary/aromatic N) is 4. The van der Waals surface area contributed by atoms with Crippen molar-refractivity contribution in [3.8, 4) is 5.88 Å². The van der Waals surface area contributed by atoms with Crippen LogP contribution in [0.3, 0.4) is 0 Å². The Bertz CT molecular complexity index is 1310. The highest BCUT2D eigenvalue weighted by atomic mass is 16.6. The smallest absolute Gasteiger partial charge is 0.248 e. The van der Waals surface area contributed by atoms with Gasteiger partial charge in [0.25, 0.3) is 0 Å². The number of aliphatic hydroxyl groups excluding tert-OH is 3. The summed E-state index contributed by atoms with van der Waals surface area (Å²) in [7, 11) is 0. The van der Waals surface area contributed by atoms with E-state index < -0.39 is 37.3 Å². The van der Waals surface area contributed by atoms with Crippen molar-refractivity contribution in [2.45, 2.75) is 37.6 Å². The number of carbonyl (C=O) groups is 1. The number of hydrogen-bond acceptors (Lipinski definition) is 9. The average molecular weight is 492 g/mol. The van der Waals surface area contributed by atoms with Crippen molar-refractivity contribution < 1.29 is 29.6 Å². The number of amides is 1. The lowest BCUT2D eigenvalue weighted by molar-refractivity contribution is -0.114. The number of aliphatic hydroxyl groups is 3. The minimum atomic E-state index is -1.34. The van der Waals surface area contributed by atoms with Crippen molar-refractivity contribution in [1.82, 2.24) is 19.5 Å². The fraction of sp³-hybridized carbons (Fsp3) is 0.280. The first-order valence-corrected chi connectivity index (χ1v) is 11.4. The van der Waals surface area contributed by atoms with E-state index in [0.29, 0.717) is 0 Å². The molecule has 1 saturated heterocycles. The van der Waals surface area contributed by atoms with E-state index in [1.165, 1.54) is 17.8 Å². The Balaban J connectivity index is 1.61. The van der Waals surface area contributed by atoms with Crippen molar-refractivity contribution in [2.75, 3.05) is 11.9 Å². The molecule has 1 fully saturated rings. The van der Waals surface area contributed by atoms with Gasteiger partial charge < -0.3 is 24.8 Å². The van der Waals surface area contributed by atoms with Crippen molar-refractivity contribution in [3.05, 3.63) is 78.1 Å². The van der Waals surface area contributed by atoms with Gasteiger partial charge in [0.15, 0.2) is 23.5 Å². The summed E-state index contributed by atoms with van der Waals surface area (Å²) >= 11 is 0. The number of hydrogen-bond donors (Lipinski definition) is 4. The van der Waals surface area contributed by atoms with Crippen molar-refractivity contribution in [1.29, 1.82) is 0 Å². The number of ether oxygens (including phenoxy) is 2. The predicted octanol–water partition coefficient (Wildman–Crippen LogP) is 1.56. The van der Waals surface area contributed by atoms with Gasteiger partial charge in [0.05, 0.1) is 12.9 Å². The van der Waals surface area contributed by atoms with Crippen molar-refractivity contribution in [3.63, 3.8) is 0 Å². The normalized spacial score (nSPS) is 21.7. The largest absolute Gasteiger partial charge is 0.463 e. The van der Waals surface area contributed by atoms with Gasteiger partial charge in [-0.2, -0.15) is 9.97 Å². The molecule has 36 heavy (non-hydrogen) atoms. The van der Waals surface area contributed by atoms with E-state index in [2.05, 4.69) is 20.3 Å². The fourth-order valence-electron chi connectivity index (χ4n) is 4.18. The molecule has 4 N–H and O–H groups in total. The summed E-state index contributed by atoms with van der Waals surface area (Å²) < 4.78 is 13.5. The molecule has 5 rings (SSSR count). The van der Waals surface area contributed by atoms with E-state index in [1.807, 2.05) is 60.7 Å². The molecule has 2 aromatic carbocycles. The number of carbonyl (C=O) groups excluding carboxylic acids is 1. The van der Waals surface area contributed by atoms with Crippen LogP contribution in [0.2, 0.25) is 0 Å². The molecule has 186 valence electrons. The van der Waals surface area contributed by atoms with E-state index >= 15 is 0 Å². The van der Waals surface area contributed by atoms with Crippen LogP contribution in [0.25, 0.3) is 11.2 Å². The van der Waals surface area contributed by atoms with Crippen LogP contribution < -0.4 is 10.1 Å². The standard InChI is InChI=1S/C25H25N5O6/c1-14(32)27-25-28-22-18(26-13-30(22)24-20(34)19(33)17(12-31)35-24)23(29-25)36-21(15-8-4-2-5-9-15)16-10-6-3-7-11-16/h2-11,13,17,19-21,24,31,33-34H,12H2,1H3,(H,27,28,29,32)/t17-,19-,20-,24-/m1/s1. The predicted molar refractivity (Wildman–Crippen MR) is 128 cm³/mol. The summed E-state index contributed by atoms with van der Waals surface area (Å²) in [6, 6.07) is 19.2. The van der Waals surface area contributed by atoms with Gasteiger partial charge in [0.1, 0.15) is 18.3 Å². The van der Waals surface area contributed by atoms with Gasteiger partial charge in [0.2, 0.25) is 17.7 Å². The third kappa shape index (κ3) is 4.52. The summed E-state index contributed by atoms with van der Waals surface area (Å²) in [4.78, 5) is 25.0. The minimum Gasteiger partial charge on any atom is -0.463 e. The highest BCUT2D eigenvalue weighted by Crippen LogP contribution is 2.35. The molecule has 11 heteroatoms. The maximum Gasteiger partial charge on any atom is 0.248 e. The van der Waals surface area contributed by atoms with Gasteiger partial charge in [-0.1, -0.05) is 60.7 Å². The maximum absolute atomic E-state index is 11.8. The molecule has 2 aromatic heterocycles. The van der Waals surface area contributed by atoms with Crippen LogP contribution in [0.4, 0.5) is 5.95 Å². The lowest BCUT2D eigenvalue weighted by Crippen LogP contribution is -2.33. The molecule has 11 nitrogen and oxygen atoms in total. The first-order chi connectivity index (χ1) is 17.5. The molecular formula is C25H25N5O6.